The van der Waals surface area contributed by atoms with Gasteiger partial charge in [-0.05, 0) is 37.1 Å². The van der Waals surface area contributed by atoms with Crippen LogP contribution in [0.4, 0.5) is 0 Å². The van der Waals surface area contributed by atoms with Gasteiger partial charge in [0.25, 0.3) is 0 Å². The summed E-state index contributed by atoms with van der Waals surface area (Å²) in [5.74, 6) is -1.01. The van der Waals surface area contributed by atoms with Gasteiger partial charge in [-0.25, -0.2) is 19.6 Å². The maximum atomic E-state index is 13.3. The second-order valence-electron chi connectivity index (χ2n) is 8.47. The number of carbonyl (C=O) groups excluding carboxylic acids is 2. The highest BCUT2D eigenvalue weighted by Crippen LogP contribution is 2.41. The first kappa shape index (κ1) is 25.9. The molecule has 3 heterocycles. The predicted octanol–water partition coefficient (Wildman–Crippen LogP) is 4.71. The number of rotatable bonds is 8. The molecule has 0 aliphatic carbocycles. The number of dihydropyridines is 1. The number of nitrogens with one attached hydrogen (secondary N) is 2. The number of pyridine rings is 1. The molecular formula is C28H27ClN4O4. The monoisotopic (exact) mass is 518 g/mol. The molecule has 1 unspecified atom stereocenters. The van der Waals surface area contributed by atoms with Crippen molar-refractivity contribution in [2.75, 3.05) is 13.7 Å². The smallest absolute Gasteiger partial charge is 0.337 e. The Kier molecular flexibility index (Phi) is 8.20. The molecule has 0 bridgehead atoms. The summed E-state index contributed by atoms with van der Waals surface area (Å²) in [6.07, 6.45) is 9.44. The molecule has 1 aliphatic rings. The van der Waals surface area contributed by atoms with Gasteiger partial charge in [0.1, 0.15) is 17.6 Å². The lowest BCUT2D eigenvalue weighted by Gasteiger charge is -2.30. The van der Waals surface area contributed by atoms with Crippen LogP contribution >= 0.6 is 11.6 Å². The van der Waals surface area contributed by atoms with Crippen molar-refractivity contribution in [3.63, 3.8) is 0 Å². The normalized spacial score (nSPS) is 15.6. The first-order valence-electron chi connectivity index (χ1n) is 11.7. The number of nitrogens with zero attached hydrogens (tertiary/aromatic N) is 2. The fourth-order valence-electron chi connectivity index (χ4n) is 4.29. The van der Waals surface area contributed by atoms with Crippen LogP contribution in [-0.4, -0.2) is 40.6 Å². The average Bonchev–Trinajstić information content (AvgIpc) is 3.40. The predicted molar refractivity (Wildman–Crippen MR) is 140 cm³/mol. The van der Waals surface area contributed by atoms with E-state index in [0.717, 1.165) is 23.4 Å². The van der Waals surface area contributed by atoms with E-state index in [4.69, 9.17) is 21.1 Å². The number of allylic oxidation sites excluding steroid dienone is 2. The zero-order valence-corrected chi connectivity index (χ0v) is 21.5. The van der Waals surface area contributed by atoms with Gasteiger partial charge >= 0.3 is 11.9 Å². The minimum Gasteiger partial charge on any atom is -0.466 e. The van der Waals surface area contributed by atoms with Crippen LogP contribution in [0.25, 0.3) is 6.08 Å². The van der Waals surface area contributed by atoms with Crippen LogP contribution in [0.5, 0.6) is 0 Å². The second-order valence-corrected chi connectivity index (χ2v) is 8.82. The van der Waals surface area contributed by atoms with E-state index in [1.54, 1.807) is 50.6 Å². The Morgan fingerprint density at radius 1 is 1.03 bits per heavy atom. The van der Waals surface area contributed by atoms with E-state index in [1.165, 1.54) is 7.11 Å². The SMILES string of the molecule is COC(=O)C1=C(C)NC(C)=C(C(=O)OCC=Cc2ccc(Cc3ncc[nH]3)cc2)C1c1cccnc1Cl. The lowest BCUT2D eigenvalue weighted by atomic mass is 9.81. The average molecular weight is 519 g/mol. The Hall–Kier alpha value is -4.17. The Morgan fingerprint density at radius 3 is 2.41 bits per heavy atom. The first-order valence-corrected chi connectivity index (χ1v) is 12.0. The lowest BCUT2D eigenvalue weighted by Crippen LogP contribution is -2.32. The molecule has 0 amide bonds. The van der Waals surface area contributed by atoms with E-state index in [-0.39, 0.29) is 22.9 Å². The van der Waals surface area contributed by atoms with Crippen molar-refractivity contribution in [1.82, 2.24) is 20.3 Å². The Balaban J connectivity index is 1.48. The Labute approximate surface area is 220 Å². The van der Waals surface area contributed by atoms with E-state index in [1.807, 2.05) is 30.3 Å². The lowest BCUT2D eigenvalue weighted by molar-refractivity contribution is -0.138. The Bertz CT molecular complexity index is 1380. The van der Waals surface area contributed by atoms with Gasteiger partial charge in [0, 0.05) is 42.0 Å². The standard InChI is InChI=1S/C28H27ClN4O4/c1-17-23(27(34)36-3)25(21-7-4-12-32-26(21)29)24(18(2)33-17)28(35)37-15-5-6-19-8-10-20(11-9-19)16-22-30-13-14-31-22/h4-14,25,33H,15-16H2,1-3H3,(H,30,31). The largest absolute Gasteiger partial charge is 0.466 e. The maximum Gasteiger partial charge on any atom is 0.337 e. The molecule has 4 rings (SSSR count). The number of hydrogen-bond donors (Lipinski definition) is 2. The van der Waals surface area contributed by atoms with Gasteiger partial charge in [0.15, 0.2) is 0 Å². The summed E-state index contributed by atoms with van der Waals surface area (Å²) in [5, 5.41) is 3.29. The van der Waals surface area contributed by atoms with E-state index < -0.39 is 17.9 Å². The second kappa shape index (κ2) is 11.7. The number of aromatic nitrogens is 3. The van der Waals surface area contributed by atoms with Crippen LogP contribution in [0.1, 0.15) is 42.3 Å². The molecule has 0 fully saturated rings. The van der Waals surface area contributed by atoms with Crippen molar-refractivity contribution >= 4 is 29.6 Å². The third-order valence-corrected chi connectivity index (χ3v) is 6.33. The zero-order chi connectivity index (χ0) is 26.4. The quantitative estimate of drug-likeness (QED) is 0.328. The summed E-state index contributed by atoms with van der Waals surface area (Å²) >= 11 is 6.38. The summed E-state index contributed by atoms with van der Waals surface area (Å²) in [6, 6.07) is 11.5. The molecule has 190 valence electrons. The number of ether oxygens (including phenoxy) is 2. The zero-order valence-electron chi connectivity index (χ0n) is 20.7. The number of carbonyl (C=O) groups is 2. The highest BCUT2D eigenvalue weighted by molar-refractivity contribution is 6.30. The van der Waals surface area contributed by atoms with Gasteiger partial charge in [0.05, 0.1) is 24.2 Å². The molecule has 0 spiro atoms. The van der Waals surface area contributed by atoms with E-state index in [9.17, 15) is 9.59 Å². The molecule has 8 nitrogen and oxygen atoms in total. The fourth-order valence-corrected chi connectivity index (χ4v) is 4.52. The molecule has 0 saturated carbocycles. The van der Waals surface area contributed by atoms with Gasteiger partial charge in [-0.2, -0.15) is 0 Å². The minimum absolute atomic E-state index is 0.0491. The Morgan fingerprint density at radius 2 is 1.76 bits per heavy atom. The number of imidazole rings is 1. The van der Waals surface area contributed by atoms with Crippen molar-refractivity contribution in [1.29, 1.82) is 0 Å². The van der Waals surface area contributed by atoms with Crippen LogP contribution in [0, 0.1) is 0 Å². The molecule has 0 radical (unpaired) electrons. The number of esters is 2. The number of methoxy groups -OCH3 is 1. The number of halogens is 1. The van der Waals surface area contributed by atoms with Crippen molar-refractivity contribution in [2.24, 2.45) is 0 Å². The molecular weight excluding hydrogens is 492 g/mol. The van der Waals surface area contributed by atoms with Crippen LogP contribution < -0.4 is 5.32 Å². The highest BCUT2D eigenvalue weighted by atomic mass is 35.5. The van der Waals surface area contributed by atoms with Crippen LogP contribution in [0.3, 0.4) is 0 Å². The highest BCUT2D eigenvalue weighted by Gasteiger charge is 2.38. The van der Waals surface area contributed by atoms with Gasteiger partial charge in [-0.1, -0.05) is 48.0 Å². The van der Waals surface area contributed by atoms with Crippen LogP contribution in [0.15, 0.2) is 83.6 Å². The molecule has 2 N–H and O–H groups in total. The van der Waals surface area contributed by atoms with E-state index in [2.05, 4.69) is 20.3 Å². The minimum atomic E-state index is -0.784. The number of H-pyrrole nitrogens is 1. The topological polar surface area (TPSA) is 106 Å². The van der Waals surface area contributed by atoms with Crippen molar-refractivity contribution < 1.29 is 19.1 Å². The van der Waals surface area contributed by atoms with Crippen LogP contribution in [0.2, 0.25) is 5.15 Å². The molecule has 0 saturated heterocycles. The fraction of sp³-hybridized carbons (Fsp3) is 0.214. The van der Waals surface area contributed by atoms with Gasteiger partial charge < -0.3 is 19.8 Å². The maximum absolute atomic E-state index is 13.3. The molecule has 37 heavy (non-hydrogen) atoms. The molecule has 3 aromatic rings. The summed E-state index contributed by atoms with van der Waals surface area (Å²) in [7, 11) is 1.29. The molecule has 1 atom stereocenters. The van der Waals surface area contributed by atoms with Crippen molar-refractivity contribution in [2.45, 2.75) is 26.2 Å². The summed E-state index contributed by atoms with van der Waals surface area (Å²) < 4.78 is 10.6. The van der Waals surface area contributed by atoms with Crippen molar-refractivity contribution in [3.05, 3.63) is 111 Å². The number of benzene rings is 1. The summed E-state index contributed by atoms with van der Waals surface area (Å²) in [6.45, 7) is 3.55. The van der Waals surface area contributed by atoms with Gasteiger partial charge in [-0.3, -0.25) is 0 Å². The van der Waals surface area contributed by atoms with Crippen LogP contribution in [-0.2, 0) is 25.5 Å². The number of aromatic amines is 1. The molecule has 9 heteroatoms. The third kappa shape index (κ3) is 5.98. The molecule has 1 aromatic carbocycles. The van der Waals surface area contributed by atoms with Gasteiger partial charge in [-0.15, -0.1) is 0 Å². The molecule has 2 aromatic heterocycles. The number of hydrogen-bond acceptors (Lipinski definition) is 7. The van der Waals surface area contributed by atoms with Gasteiger partial charge in [0.2, 0.25) is 0 Å². The van der Waals surface area contributed by atoms with Crippen molar-refractivity contribution in [3.8, 4) is 0 Å². The van der Waals surface area contributed by atoms with E-state index in [0.29, 0.717) is 17.0 Å². The third-order valence-electron chi connectivity index (χ3n) is 6.01. The first-order chi connectivity index (χ1) is 17.9. The summed E-state index contributed by atoms with van der Waals surface area (Å²) in [5.41, 5.74) is 4.31. The molecule has 1 aliphatic heterocycles. The van der Waals surface area contributed by atoms with E-state index >= 15 is 0 Å². The summed E-state index contributed by atoms with van der Waals surface area (Å²) in [4.78, 5) is 37.4.